The van der Waals surface area contributed by atoms with Gasteiger partial charge in [0.05, 0.1) is 0 Å². The molecule has 1 aliphatic rings. The van der Waals surface area contributed by atoms with Crippen LogP contribution in [-0.2, 0) is 9.53 Å². The van der Waals surface area contributed by atoms with Crippen molar-refractivity contribution in [3.05, 3.63) is 0 Å². The summed E-state index contributed by atoms with van der Waals surface area (Å²) in [6, 6.07) is -0.0206. The minimum atomic E-state index is -0.755. The summed E-state index contributed by atoms with van der Waals surface area (Å²) >= 11 is 0. The van der Waals surface area contributed by atoms with Crippen molar-refractivity contribution in [3.8, 4) is 0 Å². The molecule has 0 spiro atoms. The van der Waals surface area contributed by atoms with Crippen molar-refractivity contribution < 1.29 is 14.6 Å². The maximum Gasteiger partial charge on any atom is 0.303 e. The molecule has 4 heteroatoms. The lowest BCUT2D eigenvalue weighted by Gasteiger charge is -2.32. The van der Waals surface area contributed by atoms with Gasteiger partial charge >= 0.3 is 5.97 Å². The summed E-state index contributed by atoms with van der Waals surface area (Å²) < 4.78 is 5.39. The van der Waals surface area contributed by atoms with Crippen molar-refractivity contribution in [2.45, 2.75) is 38.6 Å². The summed E-state index contributed by atoms with van der Waals surface area (Å²) in [6.45, 7) is 3.48. The van der Waals surface area contributed by atoms with E-state index >= 15 is 0 Å². The van der Waals surface area contributed by atoms with Crippen molar-refractivity contribution >= 4 is 5.97 Å². The minimum Gasteiger partial charge on any atom is -0.481 e. The number of hydrogen-bond donors (Lipinski definition) is 2. The topological polar surface area (TPSA) is 72.6 Å². The Balaban J connectivity index is 2.56. The van der Waals surface area contributed by atoms with Gasteiger partial charge in [0, 0.05) is 25.7 Å². The lowest BCUT2D eigenvalue weighted by atomic mass is 9.80. The standard InChI is InChI=1S/C11H21NO3/c1-2-10(12)9(6-11(13)14)8-4-3-5-15-7-8/h8-10H,2-7,12H2,1H3,(H,13,14). The molecule has 0 aliphatic carbocycles. The van der Waals surface area contributed by atoms with Crippen molar-refractivity contribution in [2.24, 2.45) is 17.6 Å². The van der Waals surface area contributed by atoms with Crippen LogP contribution in [0.15, 0.2) is 0 Å². The van der Waals surface area contributed by atoms with E-state index in [2.05, 4.69) is 0 Å². The third-order valence-electron chi connectivity index (χ3n) is 3.23. The first-order valence-corrected chi connectivity index (χ1v) is 5.70. The van der Waals surface area contributed by atoms with E-state index < -0.39 is 5.97 Å². The van der Waals surface area contributed by atoms with Crippen molar-refractivity contribution in [2.75, 3.05) is 13.2 Å². The second-order valence-electron chi connectivity index (χ2n) is 4.31. The zero-order chi connectivity index (χ0) is 11.3. The lowest BCUT2D eigenvalue weighted by molar-refractivity contribution is -0.139. The fraction of sp³-hybridized carbons (Fsp3) is 0.909. The smallest absolute Gasteiger partial charge is 0.303 e. The summed E-state index contributed by atoms with van der Waals surface area (Å²) in [7, 11) is 0. The molecule has 3 unspecified atom stereocenters. The number of carbonyl (C=O) groups is 1. The Morgan fingerprint density at radius 3 is 2.87 bits per heavy atom. The monoisotopic (exact) mass is 215 g/mol. The maximum absolute atomic E-state index is 10.8. The van der Waals surface area contributed by atoms with Crippen LogP contribution >= 0.6 is 0 Å². The number of hydrogen-bond acceptors (Lipinski definition) is 3. The summed E-state index contributed by atoms with van der Waals surface area (Å²) in [5.74, 6) is -0.368. The van der Waals surface area contributed by atoms with Gasteiger partial charge in [-0.25, -0.2) is 0 Å². The van der Waals surface area contributed by atoms with Gasteiger partial charge in [0.15, 0.2) is 0 Å². The Hall–Kier alpha value is -0.610. The van der Waals surface area contributed by atoms with Gasteiger partial charge in [0.25, 0.3) is 0 Å². The summed E-state index contributed by atoms with van der Waals surface area (Å²) in [4.78, 5) is 10.8. The first kappa shape index (κ1) is 12.5. The number of carboxylic acids is 1. The highest BCUT2D eigenvalue weighted by Crippen LogP contribution is 2.28. The molecular formula is C11H21NO3. The van der Waals surface area contributed by atoms with Crippen LogP contribution in [0.5, 0.6) is 0 Å². The Morgan fingerprint density at radius 1 is 1.67 bits per heavy atom. The van der Waals surface area contributed by atoms with Crippen molar-refractivity contribution in [3.63, 3.8) is 0 Å². The Bertz CT molecular complexity index is 202. The SMILES string of the molecule is CCC(N)C(CC(=O)O)C1CCCOC1. The van der Waals surface area contributed by atoms with Gasteiger partial charge in [-0.2, -0.15) is 0 Å². The Kier molecular flexibility index (Phi) is 5.05. The average Bonchev–Trinajstić information content (AvgIpc) is 2.26. The molecule has 1 aliphatic heterocycles. The summed E-state index contributed by atoms with van der Waals surface area (Å²) in [6.07, 6.45) is 3.07. The quantitative estimate of drug-likeness (QED) is 0.723. The molecule has 0 amide bonds. The molecular weight excluding hydrogens is 194 g/mol. The average molecular weight is 215 g/mol. The molecule has 1 rings (SSSR count). The lowest BCUT2D eigenvalue weighted by Crippen LogP contribution is -2.39. The minimum absolute atomic E-state index is 0.0206. The first-order chi connectivity index (χ1) is 7.15. The van der Waals surface area contributed by atoms with Crippen molar-refractivity contribution in [1.29, 1.82) is 0 Å². The summed E-state index contributed by atoms with van der Waals surface area (Å²) in [5, 5.41) is 8.86. The molecule has 1 fully saturated rings. The number of rotatable bonds is 5. The fourth-order valence-corrected chi connectivity index (χ4v) is 2.28. The third kappa shape index (κ3) is 3.80. The zero-order valence-electron chi connectivity index (χ0n) is 9.32. The first-order valence-electron chi connectivity index (χ1n) is 5.70. The molecule has 88 valence electrons. The van der Waals surface area contributed by atoms with E-state index in [0.29, 0.717) is 12.5 Å². The molecule has 3 N–H and O–H groups in total. The Morgan fingerprint density at radius 2 is 2.40 bits per heavy atom. The van der Waals surface area contributed by atoms with E-state index in [1.54, 1.807) is 0 Å². The van der Waals surface area contributed by atoms with E-state index in [9.17, 15) is 4.79 Å². The molecule has 4 nitrogen and oxygen atoms in total. The van der Waals surface area contributed by atoms with Gasteiger partial charge in [0.1, 0.15) is 0 Å². The Labute approximate surface area is 90.8 Å². The van der Waals surface area contributed by atoms with Crippen LogP contribution in [0.2, 0.25) is 0 Å². The van der Waals surface area contributed by atoms with Gasteiger partial charge in [-0.1, -0.05) is 6.92 Å². The second-order valence-corrected chi connectivity index (χ2v) is 4.31. The molecule has 15 heavy (non-hydrogen) atoms. The predicted molar refractivity (Wildman–Crippen MR) is 57.6 cm³/mol. The highest BCUT2D eigenvalue weighted by Gasteiger charge is 2.29. The van der Waals surface area contributed by atoms with Crippen LogP contribution in [0.4, 0.5) is 0 Å². The molecule has 0 radical (unpaired) electrons. The molecule has 0 saturated carbocycles. The van der Waals surface area contributed by atoms with Gasteiger partial charge in [0.2, 0.25) is 0 Å². The van der Waals surface area contributed by atoms with E-state index in [4.69, 9.17) is 15.6 Å². The molecule has 1 saturated heterocycles. The second kappa shape index (κ2) is 6.08. The van der Waals surface area contributed by atoms with E-state index in [-0.39, 0.29) is 18.4 Å². The molecule has 0 aromatic heterocycles. The molecule has 0 aromatic carbocycles. The van der Waals surface area contributed by atoms with Crippen LogP contribution < -0.4 is 5.73 Å². The molecule has 3 atom stereocenters. The summed E-state index contributed by atoms with van der Waals surface area (Å²) in [5.41, 5.74) is 5.98. The van der Waals surface area contributed by atoms with E-state index in [1.807, 2.05) is 6.92 Å². The third-order valence-corrected chi connectivity index (χ3v) is 3.23. The highest BCUT2D eigenvalue weighted by atomic mass is 16.5. The van der Waals surface area contributed by atoms with Gasteiger partial charge in [-0.05, 0) is 31.1 Å². The van der Waals surface area contributed by atoms with Crippen LogP contribution in [-0.4, -0.2) is 30.3 Å². The van der Waals surface area contributed by atoms with Crippen LogP contribution in [0, 0.1) is 11.8 Å². The number of nitrogens with two attached hydrogens (primary N) is 1. The molecule has 0 aromatic rings. The highest BCUT2D eigenvalue weighted by molar-refractivity contribution is 5.67. The van der Waals surface area contributed by atoms with Gasteiger partial charge < -0.3 is 15.6 Å². The van der Waals surface area contributed by atoms with Crippen molar-refractivity contribution in [1.82, 2.24) is 0 Å². The zero-order valence-corrected chi connectivity index (χ0v) is 9.32. The number of aliphatic carboxylic acids is 1. The molecule has 0 bridgehead atoms. The number of carboxylic acid groups (broad SMARTS) is 1. The largest absolute Gasteiger partial charge is 0.481 e. The maximum atomic E-state index is 10.8. The van der Waals surface area contributed by atoms with E-state index in [0.717, 1.165) is 25.9 Å². The van der Waals surface area contributed by atoms with Crippen LogP contribution in [0.1, 0.15) is 32.6 Å². The van der Waals surface area contributed by atoms with Gasteiger partial charge in [-0.15, -0.1) is 0 Å². The fourth-order valence-electron chi connectivity index (χ4n) is 2.28. The van der Waals surface area contributed by atoms with Gasteiger partial charge in [-0.3, -0.25) is 4.79 Å². The predicted octanol–water partition coefficient (Wildman–Crippen LogP) is 1.24. The number of ether oxygens (including phenoxy) is 1. The van der Waals surface area contributed by atoms with Crippen LogP contribution in [0.25, 0.3) is 0 Å². The normalized spacial score (nSPS) is 25.9. The van der Waals surface area contributed by atoms with Crippen LogP contribution in [0.3, 0.4) is 0 Å². The van der Waals surface area contributed by atoms with E-state index in [1.165, 1.54) is 0 Å². The molecule has 1 heterocycles.